The minimum atomic E-state index is 0.396. The minimum absolute atomic E-state index is 0.396. The Labute approximate surface area is 215 Å². The number of pyridine rings is 1. The molecule has 0 amide bonds. The molecule has 2 saturated heterocycles. The van der Waals surface area contributed by atoms with Gasteiger partial charge in [-0.15, -0.1) is 0 Å². The Bertz CT molecular complexity index is 805. The topological polar surface area (TPSA) is 36.4 Å². The van der Waals surface area contributed by atoms with Gasteiger partial charge in [-0.1, -0.05) is 61.1 Å². The van der Waals surface area contributed by atoms with Gasteiger partial charge in [0.15, 0.2) is 6.29 Å². The van der Waals surface area contributed by atoms with Crippen LogP contribution in [-0.2, 0) is 0 Å². The van der Waals surface area contributed by atoms with Gasteiger partial charge in [0.1, 0.15) is 0 Å². The average molecular weight is 515 g/mol. The van der Waals surface area contributed by atoms with E-state index in [1.165, 1.54) is 70.7 Å². The maximum atomic E-state index is 10.1. The van der Waals surface area contributed by atoms with E-state index in [1.54, 1.807) is 12.1 Å². The molecule has 0 atom stereocenters. The number of aromatic nitrogens is 1. The molecule has 1 aromatic heterocycles. The first-order valence-electron chi connectivity index (χ1n) is 11.8. The summed E-state index contributed by atoms with van der Waals surface area (Å²) in [6.45, 7) is 11.3. The number of hydrogen-bond donors (Lipinski definition) is 0. The molecule has 2 aromatic rings. The van der Waals surface area contributed by atoms with Crippen LogP contribution in [0.5, 0.6) is 0 Å². The van der Waals surface area contributed by atoms with E-state index in [4.69, 9.17) is 34.8 Å². The molecule has 0 unspecified atom stereocenters. The number of piperidine rings is 2. The van der Waals surface area contributed by atoms with Gasteiger partial charge in [0, 0.05) is 24.0 Å². The summed E-state index contributed by atoms with van der Waals surface area (Å²) in [7, 11) is 2.24. The van der Waals surface area contributed by atoms with Crippen LogP contribution >= 0.6 is 34.8 Å². The molecule has 4 rings (SSSR count). The number of aldehydes is 1. The number of carbonyl (C=O) groups is 1. The van der Waals surface area contributed by atoms with E-state index in [-0.39, 0.29) is 0 Å². The predicted octanol–water partition coefficient (Wildman–Crippen LogP) is 7.44. The maximum absolute atomic E-state index is 10.1. The summed E-state index contributed by atoms with van der Waals surface area (Å²) in [5.74, 6) is 0. The van der Waals surface area contributed by atoms with Crippen molar-refractivity contribution in [1.82, 2.24) is 14.8 Å². The molecular weight excluding hydrogens is 477 g/mol. The SMILES string of the molecule is CC.CN1CCC(N2CCCCC2)CC1.Cc1ccc(Cl)c(Cl)c1.O=Cc1ccncc1Cl. The second-order valence-corrected chi connectivity index (χ2v) is 9.29. The van der Waals surface area contributed by atoms with Crippen molar-refractivity contribution >= 4 is 41.1 Å². The van der Waals surface area contributed by atoms with Crippen molar-refractivity contribution in [3.8, 4) is 0 Å². The van der Waals surface area contributed by atoms with Gasteiger partial charge in [-0.3, -0.25) is 9.78 Å². The Morgan fingerprint density at radius 2 is 1.55 bits per heavy atom. The molecule has 0 aliphatic carbocycles. The third-order valence-corrected chi connectivity index (χ3v) is 6.66. The Morgan fingerprint density at radius 1 is 0.909 bits per heavy atom. The molecule has 0 radical (unpaired) electrons. The predicted molar refractivity (Wildman–Crippen MR) is 143 cm³/mol. The first-order chi connectivity index (χ1) is 15.9. The largest absolute Gasteiger partial charge is 0.306 e. The molecule has 184 valence electrons. The summed E-state index contributed by atoms with van der Waals surface area (Å²) < 4.78 is 0. The monoisotopic (exact) mass is 513 g/mol. The quantitative estimate of drug-likeness (QED) is 0.390. The van der Waals surface area contributed by atoms with Gasteiger partial charge in [-0.2, -0.15) is 0 Å². The maximum Gasteiger partial charge on any atom is 0.151 e. The van der Waals surface area contributed by atoms with Crippen LogP contribution in [0.4, 0.5) is 0 Å². The van der Waals surface area contributed by atoms with E-state index in [2.05, 4.69) is 21.8 Å². The highest BCUT2D eigenvalue weighted by Crippen LogP contribution is 2.22. The zero-order chi connectivity index (χ0) is 24.6. The van der Waals surface area contributed by atoms with Crippen molar-refractivity contribution in [2.75, 3.05) is 33.2 Å². The van der Waals surface area contributed by atoms with Gasteiger partial charge in [0.2, 0.25) is 0 Å². The molecule has 2 aliphatic rings. The standard InChI is InChI=1S/C11H22N2.C7H6Cl2.C6H4ClNO.C2H6/c1-12-9-5-11(6-10-12)13-7-3-2-4-8-13;1-5-2-3-6(8)7(9)4-5;7-6-3-8-2-1-5(6)4-9;1-2/h11H,2-10H2,1H3;2-4H,1H3;1-4H;1-2H3. The second-order valence-electron chi connectivity index (χ2n) is 8.06. The summed E-state index contributed by atoms with van der Waals surface area (Å²) in [4.78, 5) is 19.0. The highest BCUT2D eigenvalue weighted by Gasteiger charge is 2.23. The lowest BCUT2D eigenvalue weighted by atomic mass is 10.0. The third-order valence-electron chi connectivity index (χ3n) is 5.60. The van der Waals surface area contributed by atoms with Crippen LogP contribution in [0.1, 0.15) is 61.9 Å². The zero-order valence-electron chi connectivity index (χ0n) is 20.4. The molecule has 3 heterocycles. The number of carbonyl (C=O) groups excluding carboxylic acids is 1. The fourth-order valence-corrected chi connectivity index (χ4v) is 4.24. The van der Waals surface area contributed by atoms with Crippen molar-refractivity contribution in [2.24, 2.45) is 0 Å². The van der Waals surface area contributed by atoms with Gasteiger partial charge in [-0.05, 0) is 89.6 Å². The molecule has 4 nitrogen and oxygen atoms in total. The van der Waals surface area contributed by atoms with Crippen molar-refractivity contribution in [1.29, 1.82) is 0 Å². The van der Waals surface area contributed by atoms with E-state index in [1.807, 2.05) is 32.9 Å². The van der Waals surface area contributed by atoms with Gasteiger partial charge < -0.3 is 9.80 Å². The Hall–Kier alpha value is -1.17. The lowest BCUT2D eigenvalue weighted by molar-refractivity contribution is 0.103. The number of halogens is 3. The van der Waals surface area contributed by atoms with E-state index < -0.39 is 0 Å². The smallest absolute Gasteiger partial charge is 0.151 e. The first kappa shape index (κ1) is 29.9. The Morgan fingerprint density at radius 3 is 2.03 bits per heavy atom. The molecule has 0 N–H and O–H groups in total. The highest BCUT2D eigenvalue weighted by atomic mass is 35.5. The Kier molecular flexibility index (Phi) is 15.6. The van der Waals surface area contributed by atoms with E-state index in [0.717, 1.165) is 11.6 Å². The van der Waals surface area contributed by atoms with Gasteiger partial charge in [-0.25, -0.2) is 0 Å². The summed E-state index contributed by atoms with van der Waals surface area (Å²) in [5.41, 5.74) is 1.61. The molecule has 33 heavy (non-hydrogen) atoms. The lowest BCUT2D eigenvalue weighted by Gasteiger charge is -2.39. The number of hydrogen-bond acceptors (Lipinski definition) is 4. The van der Waals surface area contributed by atoms with Crippen LogP contribution < -0.4 is 0 Å². The van der Waals surface area contributed by atoms with Crippen molar-refractivity contribution in [3.05, 3.63) is 62.9 Å². The fraction of sp³-hybridized carbons (Fsp3) is 0.538. The second kappa shape index (κ2) is 17.3. The highest BCUT2D eigenvalue weighted by molar-refractivity contribution is 6.42. The Balaban J connectivity index is 0.000000245. The molecule has 0 saturated carbocycles. The van der Waals surface area contributed by atoms with E-state index >= 15 is 0 Å². The summed E-state index contributed by atoms with van der Waals surface area (Å²) in [6.07, 6.45) is 10.8. The lowest BCUT2D eigenvalue weighted by Crippen LogP contribution is -2.45. The van der Waals surface area contributed by atoms with Crippen molar-refractivity contribution in [3.63, 3.8) is 0 Å². The molecular formula is C26H38Cl3N3O. The van der Waals surface area contributed by atoms with Crippen LogP contribution in [0.2, 0.25) is 15.1 Å². The van der Waals surface area contributed by atoms with Gasteiger partial charge >= 0.3 is 0 Å². The summed E-state index contributed by atoms with van der Waals surface area (Å²) >= 11 is 16.9. The number of likely N-dealkylation sites (tertiary alicyclic amines) is 2. The molecule has 0 bridgehead atoms. The molecule has 0 spiro atoms. The number of nitrogens with zero attached hydrogens (tertiary/aromatic N) is 3. The summed E-state index contributed by atoms with van der Waals surface area (Å²) in [5, 5.41) is 1.63. The van der Waals surface area contributed by atoms with Gasteiger partial charge in [0.05, 0.1) is 15.1 Å². The van der Waals surface area contributed by atoms with Gasteiger partial charge in [0.25, 0.3) is 0 Å². The molecule has 2 fully saturated rings. The fourth-order valence-electron chi connectivity index (χ4n) is 3.73. The van der Waals surface area contributed by atoms with Crippen molar-refractivity contribution in [2.45, 2.75) is 58.9 Å². The number of rotatable bonds is 2. The number of benzene rings is 1. The average Bonchev–Trinajstić information content (AvgIpc) is 2.85. The van der Waals surface area contributed by atoms with Crippen LogP contribution in [0.3, 0.4) is 0 Å². The molecule has 2 aliphatic heterocycles. The first-order valence-corrected chi connectivity index (χ1v) is 12.9. The van der Waals surface area contributed by atoms with Crippen LogP contribution in [-0.4, -0.2) is 60.3 Å². The van der Waals surface area contributed by atoms with Crippen LogP contribution in [0.25, 0.3) is 0 Å². The van der Waals surface area contributed by atoms with E-state index in [0.29, 0.717) is 26.9 Å². The summed E-state index contributed by atoms with van der Waals surface area (Å²) in [6, 6.07) is 8.03. The van der Waals surface area contributed by atoms with Crippen LogP contribution in [0.15, 0.2) is 36.7 Å². The normalized spacial score (nSPS) is 16.8. The molecule has 1 aromatic carbocycles. The molecule has 7 heteroatoms. The third kappa shape index (κ3) is 11.7. The number of aryl methyl sites for hydroxylation is 1. The minimum Gasteiger partial charge on any atom is -0.306 e. The van der Waals surface area contributed by atoms with Crippen LogP contribution in [0, 0.1) is 6.92 Å². The van der Waals surface area contributed by atoms with Crippen molar-refractivity contribution < 1.29 is 4.79 Å². The zero-order valence-corrected chi connectivity index (χ0v) is 22.6. The van der Waals surface area contributed by atoms with E-state index in [9.17, 15) is 4.79 Å².